The van der Waals surface area contributed by atoms with Crippen molar-refractivity contribution in [2.75, 3.05) is 0 Å². The van der Waals surface area contributed by atoms with Crippen LogP contribution >= 0.6 is 0 Å². The van der Waals surface area contributed by atoms with Crippen molar-refractivity contribution in [1.82, 2.24) is 0 Å². The Balaban J connectivity index is 4.13. The number of carbonyl (C=O) groups is 2. The molecule has 0 fully saturated rings. The number of ether oxygens (including phenoxy) is 1. The van der Waals surface area contributed by atoms with Gasteiger partial charge in [-0.3, -0.25) is 9.59 Å². The van der Waals surface area contributed by atoms with Gasteiger partial charge in [0.15, 0.2) is 0 Å². The Labute approximate surface area is 316 Å². The Hall–Kier alpha value is -2.36. The van der Waals surface area contributed by atoms with Gasteiger partial charge in [0.1, 0.15) is 6.10 Å². The van der Waals surface area contributed by atoms with E-state index in [2.05, 4.69) is 74.6 Å². The summed E-state index contributed by atoms with van der Waals surface area (Å²) in [5, 5.41) is 8.84. The van der Waals surface area contributed by atoms with Gasteiger partial charge in [-0.1, -0.05) is 190 Å². The van der Waals surface area contributed by atoms with Gasteiger partial charge in [0.05, 0.1) is 0 Å². The third-order valence-corrected chi connectivity index (χ3v) is 9.50. The number of carboxylic acids is 1. The van der Waals surface area contributed by atoms with Crippen LogP contribution in [0.5, 0.6) is 0 Å². The van der Waals surface area contributed by atoms with E-state index < -0.39 is 5.97 Å². The molecule has 4 heteroatoms. The number of hydrogen-bond donors (Lipinski definition) is 1. The van der Waals surface area contributed by atoms with Crippen LogP contribution in [0.2, 0.25) is 0 Å². The van der Waals surface area contributed by atoms with Crippen LogP contribution < -0.4 is 0 Å². The minimum Gasteiger partial charge on any atom is -0.481 e. The molecule has 4 nitrogen and oxygen atoms in total. The van der Waals surface area contributed by atoms with Crippen LogP contribution in [0.15, 0.2) is 60.8 Å². The highest BCUT2D eigenvalue weighted by Crippen LogP contribution is 2.19. The summed E-state index contributed by atoms with van der Waals surface area (Å²) in [6, 6.07) is 0. The summed E-state index contributed by atoms with van der Waals surface area (Å²) in [6.07, 6.45) is 58.2. The predicted molar refractivity (Wildman–Crippen MR) is 222 cm³/mol. The monoisotopic (exact) mass is 711 g/mol. The van der Waals surface area contributed by atoms with Gasteiger partial charge in [0.2, 0.25) is 0 Å². The molecule has 294 valence electrons. The van der Waals surface area contributed by atoms with Crippen molar-refractivity contribution < 1.29 is 19.4 Å². The number of esters is 1. The summed E-state index contributed by atoms with van der Waals surface area (Å²) < 4.78 is 6.00. The molecule has 0 aliphatic heterocycles. The molecule has 1 N–H and O–H groups in total. The van der Waals surface area contributed by atoms with E-state index >= 15 is 0 Å². The van der Waals surface area contributed by atoms with Crippen molar-refractivity contribution in [2.24, 2.45) is 0 Å². The highest BCUT2D eigenvalue weighted by molar-refractivity contribution is 5.69. The lowest BCUT2D eigenvalue weighted by Gasteiger charge is -2.18. The van der Waals surface area contributed by atoms with Crippen LogP contribution in [0.1, 0.15) is 219 Å². The molecule has 1 atom stereocenters. The summed E-state index contributed by atoms with van der Waals surface area (Å²) >= 11 is 0. The molecular weight excluding hydrogens is 629 g/mol. The quantitative estimate of drug-likeness (QED) is 0.0392. The van der Waals surface area contributed by atoms with Gasteiger partial charge in [0.25, 0.3) is 0 Å². The molecule has 0 saturated carbocycles. The molecular formula is C47H82O4. The summed E-state index contributed by atoms with van der Waals surface area (Å²) in [5.41, 5.74) is 0. The molecule has 0 aromatic carbocycles. The van der Waals surface area contributed by atoms with Crippen molar-refractivity contribution in [3.05, 3.63) is 60.8 Å². The molecule has 0 heterocycles. The van der Waals surface area contributed by atoms with Gasteiger partial charge in [-0.25, -0.2) is 0 Å². The number of hydrogen-bond acceptors (Lipinski definition) is 3. The SMILES string of the molecule is CC/C=C\C/C=C\C/C=C\C/C=C\C/C=C\CCCC(=O)OC(CCCCCCCCCCCCCCCCCC)CCCCCCCC(=O)O. The second-order valence-electron chi connectivity index (χ2n) is 14.5. The van der Waals surface area contributed by atoms with Crippen LogP contribution in [0.4, 0.5) is 0 Å². The Bertz CT molecular complexity index is 896. The fourth-order valence-corrected chi connectivity index (χ4v) is 6.34. The van der Waals surface area contributed by atoms with Gasteiger partial charge in [-0.2, -0.15) is 0 Å². The predicted octanol–water partition coefficient (Wildman–Crippen LogP) is 15.3. The van der Waals surface area contributed by atoms with Crippen molar-refractivity contribution >= 4 is 11.9 Å². The second kappa shape index (κ2) is 42.1. The van der Waals surface area contributed by atoms with Crippen molar-refractivity contribution in [2.45, 2.75) is 225 Å². The Morgan fingerprint density at radius 2 is 0.824 bits per heavy atom. The smallest absolute Gasteiger partial charge is 0.306 e. The Morgan fingerprint density at radius 3 is 1.24 bits per heavy atom. The first-order valence-electron chi connectivity index (χ1n) is 21.8. The lowest BCUT2D eigenvalue weighted by Crippen LogP contribution is -2.18. The van der Waals surface area contributed by atoms with Crippen molar-refractivity contribution in [3.63, 3.8) is 0 Å². The maximum atomic E-state index is 12.7. The fourth-order valence-electron chi connectivity index (χ4n) is 6.34. The molecule has 0 aromatic rings. The van der Waals surface area contributed by atoms with Gasteiger partial charge in [0, 0.05) is 12.8 Å². The molecule has 0 aromatic heterocycles. The van der Waals surface area contributed by atoms with E-state index in [1.165, 1.54) is 96.3 Å². The maximum Gasteiger partial charge on any atom is 0.306 e. The average Bonchev–Trinajstić information content (AvgIpc) is 3.12. The number of rotatable bonds is 39. The number of carboxylic acid groups (broad SMARTS) is 1. The lowest BCUT2D eigenvalue weighted by atomic mass is 10.0. The zero-order valence-corrected chi connectivity index (χ0v) is 33.7. The largest absolute Gasteiger partial charge is 0.481 e. The number of allylic oxidation sites excluding steroid dienone is 10. The Morgan fingerprint density at radius 1 is 0.451 bits per heavy atom. The van der Waals surface area contributed by atoms with E-state index in [1.54, 1.807) is 0 Å². The molecule has 0 amide bonds. The van der Waals surface area contributed by atoms with E-state index in [4.69, 9.17) is 9.84 Å². The van der Waals surface area contributed by atoms with Crippen LogP contribution in [-0.4, -0.2) is 23.1 Å². The van der Waals surface area contributed by atoms with Crippen LogP contribution in [-0.2, 0) is 14.3 Å². The molecule has 0 aliphatic rings. The zero-order valence-electron chi connectivity index (χ0n) is 33.7. The number of carbonyl (C=O) groups excluding carboxylic acids is 1. The Kier molecular flexibility index (Phi) is 40.1. The fraction of sp³-hybridized carbons (Fsp3) is 0.745. The van der Waals surface area contributed by atoms with E-state index in [9.17, 15) is 9.59 Å². The normalized spacial score (nSPS) is 12.8. The molecule has 0 rings (SSSR count). The molecule has 0 radical (unpaired) electrons. The second-order valence-corrected chi connectivity index (χ2v) is 14.5. The van der Waals surface area contributed by atoms with Crippen LogP contribution in [0.25, 0.3) is 0 Å². The maximum absolute atomic E-state index is 12.7. The molecule has 0 bridgehead atoms. The van der Waals surface area contributed by atoms with Crippen molar-refractivity contribution in [1.29, 1.82) is 0 Å². The first kappa shape index (κ1) is 48.6. The summed E-state index contributed by atoms with van der Waals surface area (Å²) in [7, 11) is 0. The summed E-state index contributed by atoms with van der Waals surface area (Å²) in [5.74, 6) is -0.757. The zero-order chi connectivity index (χ0) is 37.1. The van der Waals surface area contributed by atoms with Gasteiger partial charge in [-0.15, -0.1) is 0 Å². The third kappa shape index (κ3) is 41.9. The molecule has 0 spiro atoms. The van der Waals surface area contributed by atoms with E-state index in [0.29, 0.717) is 6.42 Å². The molecule has 1 unspecified atom stereocenters. The topological polar surface area (TPSA) is 63.6 Å². The first-order valence-corrected chi connectivity index (χ1v) is 21.8. The summed E-state index contributed by atoms with van der Waals surface area (Å²) in [4.78, 5) is 23.4. The van der Waals surface area contributed by atoms with Crippen LogP contribution in [0, 0.1) is 0 Å². The highest BCUT2D eigenvalue weighted by Gasteiger charge is 2.14. The van der Waals surface area contributed by atoms with E-state index in [-0.39, 0.29) is 18.5 Å². The first-order chi connectivity index (χ1) is 25.1. The average molecular weight is 711 g/mol. The van der Waals surface area contributed by atoms with E-state index in [0.717, 1.165) is 96.3 Å². The van der Waals surface area contributed by atoms with Gasteiger partial charge < -0.3 is 9.84 Å². The molecule has 51 heavy (non-hydrogen) atoms. The van der Waals surface area contributed by atoms with Gasteiger partial charge >= 0.3 is 11.9 Å². The third-order valence-electron chi connectivity index (χ3n) is 9.50. The van der Waals surface area contributed by atoms with E-state index in [1.807, 2.05) is 0 Å². The molecule has 0 saturated heterocycles. The van der Waals surface area contributed by atoms with Crippen molar-refractivity contribution in [3.8, 4) is 0 Å². The van der Waals surface area contributed by atoms with Crippen LogP contribution in [0.3, 0.4) is 0 Å². The number of aliphatic carboxylic acids is 1. The minimum absolute atomic E-state index is 0.0249. The van der Waals surface area contributed by atoms with Gasteiger partial charge in [-0.05, 0) is 77.0 Å². The number of unbranched alkanes of at least 4 members (excludes halogenated alkanes) is 20. The lowest BCUT2D eigenvalue weighted by molar-refractivity contribution is -0.150. The summed E-state index contributed by atoms with van der Waals surface area (Å²) in [6.45, 7) is 4.44. The minimum atomic E-state index is -0.706. The molecule has 0 aliphatic carbocycles. The standard InChI is InChI=1S/C47H82O4/c1-3-5-7-9-11-13-15-17-19-21-23-25-27-29-31-36-40-44-47(50)51-45(42-38-34-32-35-39-43-46(48)49)41-37-33-30-28-26-24-22-20-18-16-14-12-10-8-6-4-2/h5,7,11,13,17,19,23,25,29,31,45H,3-4,6,8-10,12,14-16,18,20-22,24,26-28,30,32-44H2,1-2H3,(H,48,49)/b7-5-,13-11-,19-17-,25-23-,31-29-. The highest BCUT2D eigenvalue weighted by atomic mass is 16.5.